The van der Waals surface area contributed by atoms with Crippen LogP contribution in [0.15, 0.2) is 0 Å². The lowest BCUT2D eigenvalue weighted by Gasteiger charge is -2.32. The highest BCUT2D eigenvalue weighted by Gasteiger charge is 2.22. The number of hydrogen-bond acceptors (Lipinski definition) is 2. The Bertz CT molecular complexity index is 205. The highest BCUT2D eigenvalue weighted by molar-refractivity contribution is 4.78. The van der Waals surface area contributed by atoms with Crippen LogP contribution < -0.4 is 5.32 Å². The predicted molar refractivity (Wildman–Crippen MR) is 69.6 cm³/mol. The second kappa shape index (κ2) is 6.02. The second-order valence-electron chi connectivity index (χ2n) is 6.08. The fourth-order valence-corrected chi connectivity index (χ4v) is 3.27. The van der Waals surface area contributed by atoms with Crippen LogP contribution >= 0.6 is 0 Å². The molecule has 0 amide bonds. The smallest absolute Gasteiger partial charge is 0.00418 e. The van der Waals surface area contributed by atoms with Crippen molar-refractivity contribution in [2.45, 2.75) is 52.0 Å². The molecule has 0 aromatic rings. The molecule has 94 valence electrons. The van der Waals surface area contributed by atoms with Gasteiger partial charge in [-0.25, -0.2) is 0 Å². The zero-order chi connectivity index (χ0) is 11.4. The zero-order valence-electron chi connectivity index (χ0n) is 11.0. The van der Waals surface area contributed by atoms with Gasteiger partial charge in [0.25, 0.3) is 0 Å². The summed E-state index contributed by atoms with van der Waals surface area (Å²) in [5.41, 5.74) is 0. The minimum absolute atomic E-state index is 0.740. The van der Waals surface area contributed by atoms with Crippen molar-refractivity contribution in [3.8, 4) is 0 Å². The number of rotatable bonds is 2. The molecule has 0 aromatic carbocycles. The van der Waals surface area contributed by atoms with Crippen molar-refractivity contribution >= 4 is 0 Å². The van der Waals surface area contributed by atoms with Crippen LogP contribution in [0.1, 0.15) is 46.0 Å². The third kappa shape index (κ3) is 3.74. The standard InChI is InChI=1S/C14H28N2/c1-12-4-3-8-16(9-6-12)11-14-5-7-15-13(2)10-14/h12-15H,3-11H2,1-2H3. The summed E-state index contributed by atoms with van der Waals surface area (Å²) >= 11 is 0. The van der Waals surface area contributed by atoms with E-state index >= 15 is 0 Å². The molecular formula is C14H28N2. The first kappa shape index (κ1) is 12.4. The van der Waals surface area contributed by atoms with E-state index in [1.165, 1.54) is 58.3 Å². The van der Waals surface area contributed by atoms with Gasteiger partial charge in [0.05, 0.1) is 0 Å². The first-order valence-electron chi connectivity index (χ1n) is 7.20. The van der Waals surface area contributed by atoms with Gasteiger partial charge in [0, 0.05) is 12.6 Å². The summed E-state index contributed by atoms with van der Waals surface area (Å²) in [6.07, 6.45) is 7.05. The maximum absolute atomic E-state index is 3.55. The second-order valence-corrected chi connectivity index (χ2v) is 6.08. The number of hydrogen-bond donors (Lipinski definition) is 1. The van der Waals surface area contributed by atoms with Crippen LogP contribution in [0.3, 0.4) is 0 Å². The number of piperidine rings is 1. The Kier molecular flexibility index (Phi) is 4.66. The van der Waals surface area contributed by atoms with Crippen molar-refractivity contribution < 1.29 is 0 Å². The molecule has 2 aliphatic heterocycles. The molecule has 16 heavy (non-hydrogen) atoms. The van der Waals surface area contributed by atoms with Gasteiger partial charge < -0.3 is 10.2 Å². The van der Waals surface area contributed by atoms with Gasteiger partial charge in [-0.1, -0.05) is 6.92 Å². The molecular weight excluding hydrogens is 196 g/mol. The average Bonchev–Trinajstić information content (AvgIpc) is 2.44. The first-order valence-corrected chi connectivity index (χ1v) is 7.20. The fraction of sp³-hybridized carbons (Fsp3) is 1.00. The SMILES string of the molecule is CC1CCCN(CC2CCNC(C)C2)CC1. The molecule has 0 saturated carbocycles. The number of nitrogens with zero attached hydrogens (tertiary/aromatic N) is 1. The van der Waals surface area contributed by atoms with Crippen molar-refractivity contribution in [3.63, 3.8) is 0 Å². The van der Waals surface area contributed by atoms with Gasteiger partial charge in [-0.15, -0.1) is 0 Å². The normalized spacial score (nSPS) is 38.2. The monoisotopic (exact) mass is 224 g/mol. The third-order valence-corrected chi connectivity index (χ3v) is 4.36. The molecule has 0 radical (unpaired) electrons. The summed E-state index contributed by atoms with van der Waals surface area (Å²) < 4.78 is 0. The highest BCUT2D eigenvalue weighted by atomic mass is 15.1. The highest BCUT2D eigenvalue weighted by Crippen LogP contribution is 2.21. The molecule has 1 N–H and O–H groups in total. The van der Waals surface area contributed by atoms with E-state index in [0.29, 0.717) is 0 Å². The van der Waals surface area contributed by atoms with Gasteiger partial charge in [0.1, 0.15) is 0 Å². The largest absolute Gasteiger partial charge is 0.314 e. The predicted octanol–water partition coefficient (Wildman–Crippen LogP) is 2.50. The van der Waals surface area contributed by atoms with Gasteiger partial charge in [-0.05, 0) is 70.5 Å². The van der Waals surface area contributed by atoms with Crippen LogP contribution in [0.25, 0.3) is 0 Å². The Hall–Kier alpha value is -0.0800. The van der Waals surface area contributed by atoms with Crippen LogP contribution in [0.5, 0.6) is 0 Å². The van der Waals surface area contributed by atoms with E-state index in [1.807, 2.05) is 0 Å². The van der Waals surface area contributed by atoms with E-state index in [9.17, 15) is 0 Å². The van der Waals surface area contributed by atoms with Crippen LogP contribution in [-0.4, -0.2) is 37.1 Å². The molecule has 2 rings (SSSR count). The summed E-state index contributed by atoms with van der Waals surface area (Å²) in [5.74, 6) is 1.90. The van der Waals surface area contributed by atoms with Gasteiger partial charge in [0.15, 0.2) is 0 Å². The summed E-state index contributed by atoms with van der Waals surface area (Å²) in [4.78, 5) is 2.73. The van der Waals surface area contributed by atoms with E-state index in [4.69, 9.17) is 0 Å². The van der Waals surface area contributed by atoms with Crippen LogP contribution in [0.4, 0.5) is 0 Å². The lowest BCUT2D eigenvalue weighted by atomic mass is 9.93. The van der Waals surface area contributed by atoms with Crippen LogP contribution in [0, 0.1) is 11.8 Å². The molecule has 2 saturated heterocycles. The van der Waals surface area contributed by atoms with Gasteiger partial charge in [-0.3, -0.25) is 0 Å². The Morgan fingerprint density at radius 1 is 1.12 bits per heavy atom. The Labute approximate surface area is 101 Å². The third-order valence-electron chi connectivity index (χ3n) is 4.36. The lowest BCUT2D eigenvalue weighted by Crippen LogP contribution is -2.40. The quantitative estimate of drug-likeness (QED) is 0.775. The van der Waals surface area contributed by atoms with Gasteiger partial charge in [-0.2, -0.15) is 0 Å². The Morgan fingerprint density at radius 3 is 2.81 bits per heavy atom. The number of nitrogens with one attached hydrogen (secondary N) is 1. The average molecular weight is 224 g/mol. The molecule has 2 heterocycles. The van der Waals surface area contributed by atoms with Crippen LogP contribution in [-0.2, 0) is 0 Å². The minimum Gasteiger partial charge on any atom is -0.314 e. The molecule has 3 atom stereocenters. The molecule has 0 aliphatic carbocycles. The summed E-state index contributed by atoms with van der Waals surface area (Å²) in [7, 11) is 0. The molecule has 2 fully saturated rings. The summed E-state index contributed by atoms with van der Waals surface area (Å²) in [6, 6.07) is 0.740. The molecule has 3 unspecified atom stereocenters. The van der Waals surface area contributed by atoms with E-state index < -0.39 is 0 Å². The molecule has 2 nitrogen and oxygen atoms in total. The zero-order valence-corrected chi connectivity index (χ0v) is 11.0. The van der Waals surface area contributed by atoms with Gasteiger partial charge in [0.2, 0.25) is 0 Å². The lowest BCUT2D eigenvalue weighted by molar-refractivity contribution is 0.195. The van der Waals surface area contributed by atoms with Crippen molar-refractivity contribution in [2.75, 3.05) is 26.2 Å². The maximum Gasteiger partial charge on any atom is 0.00418 e. The Morgan fingerprint density at radius 2 is 2.00 bits per heavy atom. The molecule has 0 aromatic heterocycles. The van der Waals surface area contributed by atoms with Crippen molar-refractivity contribution in [1.29, 1.82) is 0 Å². The van der Waals surface area contributed by atoms with Crippen molar-refractivity contribution in [1.82, 2.24) is 10.2 Å². The topological polar surface area (TPSA) is 15.3 Å². The van der Waals surface area contributed by atoms with Crippen LogP contribution in [0.2, 0.25) is 0 Å². The Balaban J connectivity index is 1.75. The molecule has 2 aliphatic rings. The molecule has 0 bridgehead atoms. The van der Waals surface area contributed by atoms with Crippen molar-refractivity contribution in [2.24, 2.45) is 11.8 Å². The van der Waals surface area contributed by atoms with Crippen molar-refractivity contribution in [3.05, 3.63) is 0 Å². The van der Waals surface area contributed by atoms with E-state index in [1.54, 1.807) is 0 Å². The minimum atomic E-state index is 0.740. The molecule has 2 heteroatoms. The summed E-state index contributed by atoms with van der Waals surface area (Å²) in [5, 5.41) is 3.55. The van der Waals surface area contributed by atoms with Gasteiger partial charge >= 0.3 is 0 Å². The van der Waals surface area contributed by atoms with E-state index in [0.717, 1.165) is 17.9 Å². The first-order chi connectivity index (χ1) is 7.74. The number of likely N-dealkylation sites (tertiary alicyclic amines) is 1. The summed E-state index contributed by atoms with van der Waals surface area (Å²) in [6.45, 7) is 10.0. The molecule has 0 spiro atoms. The fourth-order valence-electron chi connectivity index (χ4n) is 3.27. The van der Waals surface area contributed by atoms with E-state index in [2.05, 4.69) is 24.1 Å². The maximum atomic E-state index is 3.55. The van der Waals surface area contributed by atoms with E-state index in [-0.39, 0.29) is 0 Å².